The molecule has 2 aromatic heterocycles. The highest BCUT2D eigenvalue weighted by atomic mass is 32.1. The van der Waals surface area contributed by atoms with Gasteiger partial charge in [-0.25, -0.2) is 0 Å². The van der Waals surface area contributed by atoms with Gasteiger partial charge in [-0.15, -0.1) is 0 Å². The van der Waals surface area contributed by atoms with E-state index in [1.54, 1.807) is 28.4 Å². The molecule has 128 valence electrons. The minimum Gasteiger partial charge on any atom is -0.374 e. The number of thiophene rings is 1. The Morgan fingerprint density at radius 3 is 3.21 bits per heavy atom. The lowest BCUT2D eigenvalue weighted by Crippen LogP contribution is -2.47. The van der Waals surface area contributed by atoms with Crippen LogP contribution in [0.5, 0.6) is 0 Å². The molecule has 7 heteroatoms. The molecule has 6 nitrogen and oxygen atoms in total. The normalized spacial score (nSPS) is 27.1. The number of likely N-dealkylation sites (tertiary alicyclic amines) is 1. The Labute approximate surface area is 145 Å². The Morgan fingerprint density at radius 2 is 2.46 bits per heavy atom. The molecule has 3 atom stereocenters. The van der Waals surface area contributed by atoms with Crippen LogP contribution in [0, 0.1) is 0 Å². The van der Waals surface area contributed by atoms with Gasteiger partial charge in [-0.2, -0.15) is 16.4 Å². The van der Waals surface area contributed by atoms with E-state index in [2.05, 4.69) is 32.1 Å². The third-order valence-corrected chi connectivity index (χ3v) is 5.61. The first-order valence-corrected chi connectivity index (χ1v) is 9.31. The summed E-state index contributed by atoms with van der Waals surface area (Å²) in [6.07, 6.45) is 5.65. The van der Waals surface area contributed by atoms with Gasteiger partial charge in [0.05, 0.1) is 23.9 Å². The fraction of sp³-hybridized carbons (Fsp3) is 0.529. The predicted octanol–water partition coefficient (Wildman–Crippen LogP) is 1.64. The van der Waals surface area contributed by atoms with Crippen LogP contribution in [0.2, 0.25) is 0 Å². The van der Waals surface area contributed by atoms with Crippen LogP contribution in [0.3, 0.4) is 0 Å². The minimum absolute atomic E-state index is 0.0293. The Kier molecular flexibility index (Phi) is 4.39. The maximum absolute atomic E-state index is 12.5. The van der Waals surface area contributed by atoms with Crippen molar-refractivity contribution in [3.63, 3.8) is 0 Å². The fourth-order valence-corrected chi connectivity index (χ4v) is 4.43. The van der Waals surface area contributed by atoms with E-state index in [0.717, 1.165) is 32.5 Å². The second kappa shape index (κ2) is 6.66. The van der Waals surface area contributed by atoms with Gasteiger partial charge in [-0.05, 0) is 35.2 Å². The van der Waals surface area contributed by atoms with Gasteiger partial charge in [0.1, 0.15) is 0 Å². The van der Waals surface area contributed by atoms with Crippen molar-refractivity contribution in [1.82, 2.24) is 20.0 Å². The van der Waals surface area contributed by atoms with Crippen molar-refractivity contribution >= 4 is 17.2 Å². The van der Waals surface area contributed by atoms with Gasteiger partial charge in [0.2, 0.25) is 0 Å². The van der Waals surface area contributed by atoms with E-state index in [1.165, 1.54) is 5.56 Å². The number of ether oxygens (including phenoxy) is 1. The van der Waals surface area contributed by atoms with Crippen LogP contribution < -0.4 is 5.32 Å². The summed E-state index contributed by atoms with van der Waals surface area (Å²) in [4.78, 5) is 14.9. The number of hydrogen-bond donors (Lipinski definition) is 1. The third kappa shape index (κ3) is 3.11. The van der Waals surface area contributed by atoms with Gasteiger partial charge >= 0.3 is 0 Å². The number of rotatable bonds is 4. The Hall–Kier alpha value is -1.70. The molecule has 4 heterocycles. The smallest absolute Gasteiger partial charge is 0.254 e. The number of carbonyl (C=O) groups is 1. The molecule has 0 aromatic carbocycles. The summed E-state index contributed by atoms with van der Waals surface area (Å²) in [7, 11) is 1.81. The number of nitrogens with one attached hydrogen (secondary N) is 1. The van der Waals surface area contributed by atoms with E-state index in [-0.39, 0.29) is 18.1 Å². The van der Waals surface area contributed by atoms with Gasteiger partial charge in [0.25, 0.3) is 5.91 Å². The second-order valence-electron chi connectivity index (χ2n) is 6.59. The van der Waals surface area contributed by atoms with Crippen LogP contribution in [-0.2, 0) is 18.3 Å². The molecule has 4 rings (SSSR count). The summed E-state index contributed by atoms with van der Waals surface area (Å²) in [6.45, 7) is 2.54. The summed E-state index contributed by atoms with van der Waals surface area (Å²) in [6, 6.07) is 2.59. The number of aromatic nitrogens is 2. The molecule has 2 saturated heterocycles. The van der Waals surface area contributed by atoms with Crippen molar-refractivity contribution in [3.05, 3.63) is 40.3 Å². The number of carbonyl (C=O) groups excluding carboxylic acids is 1. The molecule has 1 amide bonds. The van der Waals surface area contributed by atoms with Crippen LogP contribution in [0.4, 0.5) is 0 Å². The van der Waals surface area contributed by atoms with Gasteiger partial charge < -0.3 is 10.1 Å². The van der Waals surface area contributed by atoms with Crippen LogP contribution >= 0.6 is 11.3 Å². The topological polar surface area (TPSA) is 59.4 Å². The summed E-state index contributed by atoms with van der Waals surface area (Å²) in [5.41, 5.74) is 1.93. The minimum atomic E-state index is -0.0709. The van der Waals surface area contributed by atoms with Crippen LogP contribution in [0.25, 0.3) is 0 Å². The lowest BCUT2D eigenvalue weighted by atomic mass is 10.0. The fourth-order valence-electron chi connectivity index (χ4n) is 3.77. The molecule has 0 aliphatic carbocycles. The van der Waals surface area contributed by atoms with E-state index in [4.69, 9.17) is 4.74 Å². The lowest BCUT2D eigenvalue weighted by Gasteiger charge is -2.32. The molecule has 24 heavy (non-hydrogen) atoms. The van der Waals surface area contributed by atoms with Gasteiger partial charge in [0, 0.05) is 39.0 Å². The SMILES string of the molecule is Cn1cc(C(=O)N[C@@H]2CN(Cc3ccsc3)[C@@H]3CCCO[C@@H]32)cn1. The van der Waals surface area contributed by atoms with E-state index in [0.29, 0.717) is 11.6 Å². The maximum Gasteiger partial charge on any atom is 0.254 e. The van der Waals surface area contributed by atoms with Gasteiger partial charge in [0.15, 0.2) is 0 Å². The molecule has 2 aromatic rings. The highest BCUT2D eigenvalue weighted by molar-refractivity contribution is 7.07. The number of amides is 1. The molecule has 0 spiro atoms. The van der Waals surface area contributed by atoms with Gasteiger partial charge in [-0.1, -0.05) is 0 Å². The summed E-state index contributed by atoms with van der Waals surface area (Å²) in [5, 5.41) is 11.5. The van der Waals surface area contributed by atoms with Crippen LogP contribution in [0.1, 0.15) is 28.8 Å². The molecular formula is C17H22N4O2S. The largest absolute Gasteiger partial charge is 0.374 e. The maximum atomic E-state index is 12.5. The van der Waals surface area contributed by atoms with Crippen LogP contribution in [-0.4, -0.2) is 51.9 Å². The predicted molar refractivity (Wildman–Crippen MR) is 92.0 cm³/mol. The third-order valence-electron chi connectivity index (χ3n) is 4.88. The second-order valence-corrected chi connectivity index (χ2v) is 7.37. The number of aryl methyl sites for hydroxylation is 1. The zero-order valence-electron chi connectivity index (χ0n) is 13.7. The molecule has 0 radical (unpaired) electrons. The molecule has 2 aliphatic rings. The standard InChI is InChI=1S/C17H22N4O2S/c1-20-9-13(7-18-20)17(22)19-14-10-21(8-12-4-6-24-11-12)15-3-2-5-23-16(14)15/h4,6-7,9,11,14-16H,2-3,5,8,10H2,1H3,(H,19,22)/t14-,15-,16-/m1/s1. The van der Waals surface area contributed by atoms with E-state index in [9.17, 15) is 4.79 Å². The molecule has 0 saturated carbocycles. The molecule has 1 N–H and O–H groups in total. The van der Waals surface area contributed by atoms with Crippen molar-refractivity contribution in [2.75, 3.05) is 13.2 Å². The Balaban J connectivity index is 1.47. The van der Waals surface area contributed by atoms with Gasteiger partial charge in [-0.3, -0.25) is 14.4 Å². The van der Waals surface area contributed by atoms with Crippen molar-refractivity contribution < 1.29 is 9.53 Å². The first-order chi connectivity index (χ1) is 11.7. The summed E-state index contributed by atoms with van der Waals surface area (Å²) >= 11 is 1.73. The van der Waals surface area contributed by atoms with Crippen molar-refractivity contribution in [2.45, 2.75) is 37.6 Å². The zero-order valence-corrected chi connectivity index (χ0v) is 14.5. The Bertz CT molecular complexity index is 699. The summed E-state index contributed by atoms with van der Waals surface area (Å²) in [5.74, 6) is -0.0709. The first-order valence-electron chi connectivity index (χ1n) is 8.37. The highest BCUT2D eigenvalue weighted by Crippen LogP contribution is 2.30. The van der Waals surface area contributed by atoms with Crippen molar-refractivity contribution in [3.8, 4) is 0 Å². The lowest BCUT2D eigenvalue weighted by molar-refractivity contribution is -0.0211. The number of nitrogens with zero attached hydrogens (tertiary/aromatic N) is 3. The first kappa shape index (κ1) is 15.8. The van der Waals surface area contributed by atoms with Crippen LogP contribution in [0.15, 0.2) is 29.2 Å². The molecular weight excluding hydrogens is 324 g/mol. The average Bonchev–Trinajstić information content (AvgIpc) is 3.30. The highest BCUT2D eigenvalue weighted by Gasteiger charge is 2.44. The van der Waals surface area contributed by atoms with Crippen molar-refractivity contribution in [1.29, 1.82) is 0 Å². The quantitative estimate of drug-likeness (QED) is 0.914. The molecule has 0 unspecified atom stereocenters. The number of hydrogen-bond acceptors (Lipinski definition) is 5. The van der Waals surface area contributed by atoms with E-state index < -0.39 is 0 Å². The molecule has 2 fully saturated rings. The molecule has 0 bridgehead atoms. The molecule has 2 aliphatic heterocycles. The average molecular weight is 346 g/mol. The van der Waals surface area contributed by atoms with Crippen molar-refractivity contribution in [2.24, 2.45) is 7.05 Å². The van der Waals surface area contributed by atoms with E-state index >= 15 is 0 Å². The Morgan fingerprint density at radius 1 is 1.54 bits per heavy atom. The summed E-state index contributed by atoms with van der Waals surface area (Å²) < 4.78 is 7.68. The number of fused-ring (bicyclic) bond motifs is 1. The monoisotopic (exact) mass is 346 g/mol. The zero-order chi connectivity index (χ0) is 16.5. The van der Waals surface area contributed by atoms with E-state index in [1.807, 2.05) is 7.05 Å².